The van der Waals surface area contributed by atoms with Crippen molar-refractivity contribution in [3.05, 3.63) is 0 Å². The fourth-order valence-electron chi connectivity index (χ4n) is 3.76. The van der Waals surface area contributed by atoms with Gasteiger partial charge in [0.15, 0.2) is 5.79 Å². The molecule has 0 aromatic carbocycles. The van der Waals surface area contributed by atoms with E-state index in [9.17, 15) is 0 Å². The molecule has 0 aromatic rings. The number of hydrogen-bond acceptors (Lipinski definition) is 5. The van der Waals surface area contributed by atoms with Crippen molar-refractivity contribution in [2.45, 2.75) is 44.4 Å². The highest BCUT2D eigenvalue weighted by Gasteiger charge is 2.50. The van der Waals surface area contributed by atoms with Gasteiger partial charge in [0.1, 0.15) is 0 Å². The second kappa shape index (κ2) is 6.00. The minimum absolute atomic E-state index is 0.326. The molecule has 3 rings (SSSR count). The van der Waals surface area contributed by atoms with Crippen LogP contribution >= 0.6 is 0 Å². The third-order valence-corrected chi connectivity index (χ3v) is 5.05. The predicted octanol–water partition coefficient (Wildman–Crippen LogP) is 1.87. The Morgan fingerprint density at radius 1 is 1.35 bits per heavy atom. The molecular formula is C15H26N2O3. The summed E-state index contributed by atoms with van der Waals surface area (Å²) in [7, 11) is 1.76. The molecule has 1 saturated carbocycles. The molecule has 0 radical (unpaired) electrons. The van der Waals surface area contributed by atoms with Gasteiger partial charge in [-0.3, -0.25) is 5.01 Å². The van der Waals surface area contributed by atoms with Crippen LogP contribution in [0.1, 0.15) is 32.6 Å². The van der Waals surface area contributed by atoms with Crippen molar-refractivity contribution in [1.29, 1.82) is 0 Å². The van der Waals surface area contributed by atoms with Gasteiger partial charge in [-0.25, -0.2) is 0 Å². The molecule has 0 bridgehead atoms. The quantitative estimate of drug-likeness (QED) is 0.738. The molecule has 5 nitrogen and oxygen atoms in total. The summed E-state index contributed by atoms with van der Waals surface area (Å²) in [6.07, 6.45) is 6.61. The van der Waals surface area contributed by atoms with Gasteiger partial charge in [0.25, 0.3) is 0 Å². The summed E-state index contributed by atoms with van der Waals surface area (Å²) < 4.78 is 17.0. The Bertz CT molecular complexity index is 355. The fourth-order valence-corrected chi connectivity index (χ4v) is 3.76. The second-order valence-electron chi connectivity index (χ2n) is 6.18. The Hall–Kier alpha value is -0.650. The Balaban J connectivity index is 1.59. The van der Waals surface area contributed by atoms with Crippen LogP contribution in [-0.2, 0) is 14.2 Å². The first kappa shape index (κ1) is 14.3. The molecule has 0 unspecified atom stereocenters. The number of methoxy groups -OCH3 is 1. The van der Waals surface area contributed by atoms with Crippen LogP contribution in [0.4, 0.5) is 0 Å². The summed E-state index contributed by atoms with van der Waals surface area (Å²) in [4.78, 5) is 0. The molecule has 2 aliphatic heterocycles. The topological polar surface area (TPSA) is 43.3 Å². The largest absolute Gasteiger partial charge is 0.382 e. The van der Waals surface area contributed by atoms with E-state index in [4.69, 9.17) is 19.3 Å². The Kier molecular flexibility index (Phi) is 4.29. The van der Waals surface area contributed by atoms with Crippen molar-refractivity contribution in [2.75, 3.05) is 33.5 Å². The van der Waals surface area contributed by atoms with Gasteiger partial charge in [0.05, 0.1) is 25.9 Å². The number of nitrogens with zero attached hydrogens (tertiary/aromatic N) is 2. The molecule has 2 saturated heterocycles. The van der Waals surface area contributed by atoms with Crippen molar-refractivity contribution >= 4 is 6.21 Å². The van der Waals surface area contributed by atoms with Crippen LogP contribution in [0.3, 0.4) is 0 Å². The summed E-state index contributed by atoms with van der Waals surface area (Å²) in [6.45, 7) is 5.51. The predicted molar refractivity (Wildman–Crippen MR) is 76.6 cm³/mol. The molecule has 0 aromatic heterocycles. The first-order valence-electron chi connectivity index (χ1n) is 7.83. The Morgan fingerprint density at radius 3 is 2.90 bits per heavy atom. The van der Waals surface area contributed by atoms with E-state index in [1.54, 1.807) is 7.11 Å². The molecule has 2 heterocycles. The van der Waals surface area contributed by atoms with Crippen LogP contribution in [0.2, 0.25) is 0 Å². The maximum atomic E-state index is 5.86. The lowest BCUT2D eigenvalue weighted by Crippen LogP contribution is -2.35. The molecule has 3 fully saturated rings. The summed E-state index contributed by atoms with van der Waals surface area (Å²) >= 11 is 0. The van der Waals surface area contributed by atoms with Crippen molar-refractivity contribution in [1.82, 2.24) is 5.01 Å². The summed E-state index contributed by atoms with van der Waals surface area (Å²) in [5.74, 6) is 0.516. The normalized spacial score (nSPS) is 36.7. The van der Waals surface area contributed by atoms with Crippen LogP contribution in [0, 0.1) is 11.8 Å². The van der Waals surface area contributed by atoms with E-state index in [0.29, 0.717) is 17.9 Å². The van der Waals surface area contributed by atoms with Gasteiger partial charge in [-0.15, -0.1) is 0 Å². The van der Waals surface area contributed by atoms with E-state index in [2.05, 4.69) is 18.1 Å². The van der Waals surface area contributed by atoms with E-state index in [0.717, 1.165) is 39.2 Å². The van der Waals surface area contributed by atoms with Crippen molar-refractivity contribution < 1.29 is 14.2 Å². The summed E-state index contributed by atoms with van der Waals surface area (Å²) in [5.41, 5.74) is 0. The van der Waals surface area contributed by atoms with E-state index in [1.165, 1.54) is 12.8 Å². The Labute approximate surface area is 121 Å². The van der Waals surface area contributed by atoms with Crippen LogP contribution in [0.15, 0.2) is 5.10 Å². The monoisotopic (exact) mass is 282 g/mol. The lowest BCUT2D eigenvalue weighted by atomic mass is 9.96. The number of rotatable bonds is 4. The van der Waals surface area contributed by atoms with Crippen LogP contribution in [0.5, 0.6) is 0 Å². The maximum Gasteiger partial charge on any atom is 0.171 e. The molecule has 1 spiro atoms. The molecule has 20 heavy (non-hydrogen) atoms. The van der Waals surface area contributed by atoms with Crippen LogP contribution < -0.4 is 0 Å². The van der Waals surface area contributed by atoms with Crippen LogP contribution in [0.25, 0.3) is 0 Å². The molecule has 114 valence electrons. The zero-order valence-corrected chi connectivity index (χ0v) is 12.6. The van der Waals surface area contributed by atoms with Crippen molar-refractivity contribution in [3.63, 3.8) is 0 Å². The van der Waals surface area contributed by atoms with Gasteiger partial charge < -0.3 is 14.2 Å². The minimum Gasteiger partial charge on any atom is -0.382 e. The highest BCUT2D eigenvalue weighted by Crippen LogP contribution is 2.44. The summed E-state index contributed by atoms with van der Waals surface area (Å²) in [6, 6.07) is 0.445. The zero-order valence-electron chi connectivity index (χ0n) is 12.6. The molecule has 1 aliphatic carbocycles. The SMILES string of the molecule is COC[C@@H]1CCCN1/N=C/[C@@H]1CCC2(OCCO2)[C@@H]1C. The van der Waals surface area contributed by atoms with Crippen molar-refractivity contribution in [2.24, 2.45) is 16.9 Å². The molecule has 3 aliphatic rings. The molecular weight excluding hydrogens is 256 g/mol. The highest BCUT2D eigenvalue weighted by atomic mass is 16.7. The number of ether oxygens (including phenoxy) is 3. The van der Waals surface area contributed by atoms with Crippen molar-refractivity contribution in [3.8, 4) is 0 Å². The van der Waals surface area contributed by atoms with Gasteiger partial charge in [0, 0.05) is 38.1 Å². The van der Waals surface area contributed by atoms with E-state index >= 15 is 0 Å². The lowest BCUT2D eigenvalue weighted by molar-refractivity contribution is -0.179. The summed E-state index contributed by atoms with van der Waals surface area (Å²) in [5, 5.41) is 6.92. The van der Waals surface area contributed by atoms with E-state index in [1.807, 2.05) is 0 Å². The Morgan fingerprint density at radius 2 is 2.15 bits per heavy atom. The van der Waals surface area contributed by atoms with Gasteiger partial charge >= 0.3 is 0 Å². The third kappa shape index (κ3) is 2.59. The fraction of sp³-hybridized carbons (Fsp3) is 0.933. The molecule has 0 amide bonds. The smallest absolute Gasteiger partial charge is 0.171 e. The van der Waals surface area contributed by atoms with Gasteiger partial charge in [0.2, 0.25) is 0 Å². The average molecular weight is 282 g/mol. The van der Waals surface area contributed by atoms with E-state index in [-0.39, 0.29) is 5.79 Å². The molecule has 3 atom stereocenters. The molecule has 0 N–H and O–H groups in total. The first-order chi connectivity index (χ1) is 9.75. The van der Waals surface area contributed by atoms with Crippen LogP contribution in [-0.4, -0.2) is 56.5 Å². The highest BCUT2D eigenvalue weighted by molar-refractivity contribution is 5.61. The average Bonchev–Trinajstić information content (AvgIpc) is 3.14. The van der Waals surface area contributed by atoms with Gasteiger partial charge in [-0.1, -0.05) is 6.92 Å². The first-order valence-corrected chi connectivity index (χ1v) is 7.83. The van der Waals surface area contributed by atoms with E-state index < -0.39 is 0 Å². The standard InChI is InChI=1S/C15H26N2O3/c1-12-13(5-6-15(12)19-8-9-20-15)10-16-17-7-3-4-14(17)11-18-2/h10,12-14H,3-9,11H2,1-2H3/b16-10+/t12-,13+,14+/m1/s1. The second-order valence-corrected chi connectivity index (χ2v) is 6.18. The third-order valence-electron chi connectivity index (χ3n) is 5.05. The minimum atomic E-state index is -0.326. The van der Waals surface area contributed by atoms with Gasteiger partial charge in [-0.2, -0.15) is 5.10 Å². The number of hydrogen-bond donors (Lipinski definition) is 0. The molecule has 5 heteroatoms. The lowest BCUT2D eigenvalue weighted by Gasteiger charge is -2.28. The van der Waals surface area contributed by atoms with Gasteiger partial charge in [-0.05, 0) is 19.3 Å². The zero-order chi connectivity index (χ0) is 14.0. The number of hydrazone groups is 1. The maximum absolute atomic E-state index is 5.86.